The van der Waals surface area contributed by atoms with Gasteiger partial charge in [0.25, 0.3) is 0 Å². The zero-order chi connectivity index (χ0) is 21.4. The predicted molar refractivity (Wildman–Crippen MR) is 122 cm³/mol. The average molecular weight is 475 g/mol. The maximum Gasteiger partial charge on any atom is 0.235 e. The summed E-state index contributed by atoms with van der Waals surface area (Å²) in [7, 11) is -3.51. The molecule has 2 rings (SSSR count). The number of carbonyl (C=O) groups excluding carboxylic acids is 1. The second-order valence-electron chi connectivity index (χ2n) is 6.65. The number of thioether (sulfide) groups is 1. The van der Waals surface area contributed by atoms with E-state index in [0.717, 1.165) is 22.9 Å². The van der Waals surface area contributed by atoms with Crippen molar-refractivity contribution in [3.63, 3.8) is 0 Å². The molecule has 5 nitrogen and oxygen atoms in total. The summed E-state index contributed by atoms with van der Waals surface area (Å²) in [6, 6.07) is 12.9. The van der Waals surface area contributed by atoms with Gasteiger partial charge in [-0.1, -0.05) is 59.1 Å². The summed E-state index contributed by atoms with van der Waals surface area (Å²) in [5.74, 6) is 1.06. The lowest BCUT2D eigenvalue weighted by Crippen LogP contribution is -2.40. The Morgan fingerprint density at radius 2 is 1.83 bits per heavy atom. The van der Waals surface area contributed by atoms with Crippen molar-refractivity contribution in [3.05, 3.63) is 69.2 Å². The zero-order valence-corrected chi connectivity index (χ0v) is 19.5. The molecule has 0 spiro atoms. The summed E-state index contributed by atoms with van der Waals surface area (Å²) in [4.78, 5) is 12.2. The summed E-state index contributed by atoms with van der Waals surface area (Å²) in [5, 5.41) is 3.98. The first-order chi connectivity index (χ1) is 13.6. The Kier molecular flexibility index (Phi) is 9.30. The maximum absolute atomic E-state index is 12.2. The van der Waals surface area contributed by atoms with E-state index in [0.29, 0.717) is 28.1 Å². The minimum atomic E-state index is -3.51. The van der Waals surface area contributed by atoms with Gasteiger partial charge in [-0.05, 0) is 30.2 Å². The third kappa shape index (κ3) is 8.56. The first kappa shape index (κ1) is 24.0. The van der Waals surface area contributed by atoms with E-state index in [1.165, 1.54) is 4.31 Å². The van der Waals surface area contributed by atoms with Crippen molar-refractivity contribution < 1.29 is 13.2 Å². The molecule has 0 aromatic heterocycles. The van der Waals surface area contributed by atoms with Gasteiger partial charge in [0.15, 0.2) is 0 Å². The fourth-order valence-electron chi connectivity index (χ4n) is 2.49. The molecule has 0 saturated heterocycles. The summed E-state index contributed by atoms with van der Waals surface area (Å²) >= 11 is 13.6. The standard InChI is InChI=1S/C20H24Cl2N2O3S2/c1-15-3-5-16(6-4-15)12-24(29(2,26)27)13-20(25)23-9-10-28-14-17-7-8-18(21)11-19(17)22/h3-8,11H,9-10,12-14H2,1-2H3,(H,23,25). The lowest BCUT2D eigenvalue weighted by atomic mass is 10.1. The van der Waals surface area contributed by atoms with Gasteiger partial charge in [0, 0.05) is 34.6 Å². The highest BCUT2D eigenvalue weighted by Gasteiger charge is 2.20. The van der Waals surface area contributed by atoms with Crippen LogP contribution in [0.1, 0.15) is 16.7 Å². The van der Waals surface area contributed by atoms with Crippen LogP contribution in [0.2, 0.25) is 10.0 Å². The minimum Gasteiger partial charge on any atom is -0.354 e. The molecule has 0 fully saturated rings. The molecule has 0 bridgehead atoms. The van der Waals surface area contributed by atoms with Gasteiger partial charge in [0.05, 0.1) is 12.8 Å². The Hall–Kier alpha value is -1.25. The van der Waals surface area contributed by atoms with E-state index in [2.05, 4.69) is 5.32 Å². The van der Waals surface area contributed by atoms with E-state index in [1.807, 2.05) is 37.3 Å². The number of aryl methyl sites for hydroxylation is 1. The number of rotatable bonds is 10. The third-order valence-corrected chi connectivity index (χ3v) is 6.90. The van der Waals surface area contributed by atoms with Crippen molar-refractivity contribution in [1.82, 2.24) is 9.62 Å². The second-order valence-corrected chi connectivity index (χ2v) is 10.6. The number of hydrogen-bond donors (Lipinski definition) is 1. The highest BCUT2D eigenvalue weighted by Crippen LogP contribution is 2.24. The molecule has 0 radical (unpaired) electrons. The van der Waals surface area contributed by atoms with Crippen LogP contribution >= 0.6 is 35.0 Å². The van der Waals surface area contributed by atoms with Crippen molar-refractivity contribution in [2.24, 2.45) is 0 Å². The molecule has 0 saturated carbocycles. The smallest absolute Gasteiger partial charge is 0.235 e. The van der Waals surface area contributed by atoms with E-state index in [4.69, 9.17) is 23.2 Å². The van der Waals surface area contributed by atoms with E-state index >= 15 is 0 Å². The van der Waals surface area contributed by atoms with Gasteiger partial charge in [-0.15, -0.1) is 0 Å². The summed E-state index contributed by atoms with van der Waals surface area (Å²) in [5.41, 5.74) is 2.91. The Bertz CT molecular complexity index is 935. The van der Waals surface area contributed by atoms with E-state index in [1.54, 1.807) is 23.9 Å². The first-order valence-electron chi connectivity index (χ1n) is 8.94. The average Bonchev–Trinajstić information content (AvgIpc) is 2.63. The minimum absolute atomic E-state index is 0.163. The van der Waals surface area contributed by atoms with E-state index < -0.39 is 10.0 Å². The van der Waals surface area contributed by atoms with Crippen LogP contribution in [0.15, 0.2) is 42.5 Å². The largest absolute Gasteiger partial charge is 0.354 e. The van der Waals surface area contributed by atoms with Crippen molar-refractivity contribution in [2.75, 3.05) is 25.1 Å². The van der Waals surface area contributed by atoms with E-state index in [-0.39, 0.29) is 19.0 Å². The number of halogens is 2. The van der Waals surface area contributed by atoms with Gasteiger partial charge in [0.2, 0.25) is 15.9 Å². The number of hydrogen-bond acceptors (Lipinski definition) is 4. The molecule has 0 aliphatic rings. The SMILES string of the molecule is Cc1ccc(CN(CC(=O)NCCSCc2ccc(Cl)cc2Cl)S(C)(=O)=O)cc1. The molecule has 1 amide bonds. The monoisotopic (exact) mass is 474 g/mol. The quantitative estimate of drug-likeness (QED) is 0.526. The molecule has 0 atom stereocenters. The lowest BCUT2D eigenvalue weighted by molar-refractivity contribution is -0.121. The van der Waals surface area contributed by atoms with Crippen molar-refractivity contribution in [3.8, 4) is 0 Å². The predicted octanol–water partition coefficient (Wildman–Crippen LogP) is 4.11. The molecular formula is C20H24Cl2N2O3S2. The maximum atomic E-state index is 12.2. The Morgan fingerprint density at radius 3 is 2.45 bits per heavy atom. The molecule has 2 aromatic carbocycles. The van der Waals surface area contributed by atoms with Crippen LogP contribution in [-0.4, -0.2) is 43.7 Å². The fourth-order valence-corrected chi connectivity index (χ4v) is 4.64. The lowest BCUT2D eigenvalue weighted by Gasteiger charge is -2.19. The van der Waals surface area contributed by atoms with Crippen LogP contribution in [-0.2, 0) is 27.1 Å². The summed E-state index contributed by atoms with van der Waals surface area (Å²) < 4.78 is 25.3. The molecule has 9 heteroatoms. The van der Waals surface area contributed by atoms with Crippen LogP contribution in [0.3, 0.4) is 0 Å². The second kappa shape index (κ2) is 11.2. The number of nitrogens with one attached hydrogen (secondary N) is 1. The summed E-state index contributed by atoms with van der Waals surface area (Å²) in [6.07, 6.45) is 1.11. The molecule has 0 aliphatic heterocycles. The highest BCUT2D eigenvalue weighted by atomic mass is 35.5. The molecule has 0 unspecified atom stereocenters. The number of nitrogens with zero attached hydrogens (tertiary/aromatic N) is 1. The molecule has 2 aromatic rings. The number of benzene rings is 2. The third-order valence-electron chi connectivity index (χ3n) is 4.11. The Morgan fingerprint density at radius 1 is 1.14 bits per heavy atom. The number of amides is 1. The summed E-state index contributed by atoms with van der Waals surface area (Å²) in [6.45, 7) is 2.36. The number of carbonyl (C=O) groups is 1. The molecule has 0 aliphatic carbocycles. The number of sulfonamides is 1. The molecule has 1 N–H and O–H groups in total. The van der Waals surface area contributed by atoms with Gasteiger partial charge in [-0.2, -0.15) is 16.1 Å². The van der Waals surface area contributed by atoms with Crippen LogP contribution in [0, 0.1) is 6.92 Å². The topological polar surface area (TPSA) is 66.5 Å². The zero-order valence-electron chi connectivity index (χ0n) is 16.3. The molecular weight excluding hydrogens is 451 g/mol. The van der Waals surface area contributed by atoms with Gasteiger partial charge in [-0.25, -0.2) is 8.42 Å². The first-order valence-corrected chi connectivity index (χ1v) is 12.7. The van der Waals surface area contributed by atoms with Crippen molar-refractivity contribution >= 4 is 50.9 Å². The van der Waals surface area contributed by atoms with Crippen LogP contribution in [0.4, 0.5) is 0 Å². The molecule has 0 heterocycles. The van der Waals surface area contributed by atoms with Gasteiger partial charge in [0.1, 0.15) is 0 Å². The normalized spacial score (nSPS) is 11.6. The highest BCUT2D eigenvalue weighted by molar-refractivity contribution is 7.98. The Balaban J connectivity index is 1.78. The van der Waals surface area contributed by atoms with Crippen LogP contribution in [0.5, 0.6) is 0 Å². The van der Waals surface area contributed by atoms with E-state index in [9.17, 15) is 13.2 Å². The molecule has 29 heavy (non-hydrogen) atoms. The Labute approximate surface area is 186 Å². The van der Waals surface area contributed by atoms with Crippen molar-refractivity contribution in [2.45, 2.75) is 19.2 Å². The van der Waals surface area contributed by atoms with Gasteiger partial charge < -0.3 is 5.32 Å². The molecule has 158 valence electrons. The van der Waals surface area contributed by atoms with Gasteiger partial charge >= 0.3 is 0 Å². The fraction of sp³-hybridized carbons (Fsp3) is 0.350. The van der Waals surface area contributed by atoms with Crippen LogP contribution in [0.25, 0.3) is 0 Å². The van der Waals surface area contributed by atoms with Crippen LogP contribution < -0.4 is 5.32 Å². The van der Waals surface area contributed by atoms with Crippen molar-refractivity contribution in [1.29, 1.82) is 0 Å². The van der Waals surface area contributed by atoms with Gasteiger partial charge in [-0.3, -0.25) is 4.79 Å².